The number of aromatic nitrogens is 2. The van der Waals surface area contributed by atoms with Gasteiger partial charge in [-0.15, -0.1) is 0 Å². The van der Waals surface area contributed by atoms with Gasteiger partial charge in [0.1, 0.15) is 0 Å². The Kier molecular flexibility index (Phi) is 4.65. The number of fused-ring (bicyclic) bond motifs is 4. The second kappa shape index (κ2) is 7.80. The number of hydrogen-bond donors (Lipinski definition) is 2. The molecular formula is C26H24N4O2. The van der Waals surface area contributed by atoms with Gasteiger partial charge in [-0.05, 0) is 76.2 Å². The highest BCUT2D eigenvalue weighted by Crippen LogP contribution is 2.41. The molecule has 1 unspecified atom stereocenters. The van der Waals surface area contributed by atoms with Crippen LogP contribution in [0.15, 0.2) is 59.9 Å². The molecular weight excluding hydrogens is 400 g/mol. The van der Waals surface area contributed by atoms with Crippen LogP contribution in [0.4, 0.5) is 0 Å². The zero-order chi connectivity index (χ0) is 21.5. The largest absolute Gasteiger partial charge is 0.454 e. The fourth-order valence-corrected chi connectivity index (χ4v) is 4.83. The van der Waals surface area contributed by atoms with E-state index in [2.05, 4.69) is 52.8 Å². The van der Waals surface area contributed by atoms with E-state index in [-0.39, 0.29) is 12.7 Å². The second-order valence-corrected chi connectivity index (χ2v) is 8.32. The molecule has 32 heavy (non-hydrogen) atoms. The second-order valence-electron chi connectivity index (χ2n) is 8.32. The van der Waals surface area contributed by atoms with Crippen LogP contribution < -0.4 is 15.2 Å². The Morgan fingerprint density at radius 2 is 1.94 bits per heavy atom. The van der Waals surface area contributed by atoms with Crippen molar-refractivity contribution in [1.29, 1.82) is 0 Å². The molecule has 0 saturated heterocycles. The van der Waals surface area contributed by atoms with Crippen LogP contribution in [0.5, 0.6) is 11.5 Å². The van der Waals surface area contributed by atoms with Gasteiger partial charge in [-0.1, -0.05) is 24.3 Å². The van der Waals surface area contributed by atoms with E-state index >= 15 is 0 Å². The Balaban J connectivity index is 1.53. The van der Waals surface area contributed by atoms with E-state index < -0.39 is 0 Å². The van der Waals surface area contributed by atoms with Crippen molar-refractivity contribution in [2.24, 2.45) is 10.7 Å². The van der Waals surface area contributed by atoms with Crippen LogP contribution in [-0.4, -0.2) is 29.7 Å². The molecule has 1 atom stereocenters. The number of nitrogens with zero attached hydrogens (tertiary/aromatic N) is 2. The summed E-state index contributed by atoms with van der Waals surface area (Å²) in [6, 6.07) is 15.2. The number of aromatic amines is 1. The number of aliphatic imine (C=N–C) groups is 1. The zero-order valence-electron chi connectivity index (χ0n) is 17.7. The normalized spacial score (nSPS) is 16.5. The molecule has 0 spiro atoms. The summed E-state index contributed by atoms with van der Waals surface area (Å²) in [5.41, 5.74) is 13.2. The first-order chi connectivity index (χ1) is 15.8. The Morgan fingerprint density at radius 1 is 1.00 bits per heavy atom. The van der Waals surface area contributed by atoms with Crippen molar-refractivity contribution in [3.05, 3.63) is 77.1 Å². The summed E-state index contributed by atoms with van der Waals surface area (Å²) in [7, 11) is 0. The number of ether oxygens (including phenoxy) is 2. The van der Waals surface area contributed by atoms with Crippen LogP contribution in [0, 0.1) is 0 Å². The summed E-state index contributed by atoms with van der Waals surface area (Å²) in [4.78, 5) is 4.77. The van der Waals surface area contributed by atoms with E-state index in [1.54, 1.807) is 0 Å². The lowest BCUT2D eigenvalue weighted by Gasteiger charge is -2.25. The van der Waals surface area contributed by atoms with Crippen LogP contribution in [-0.2, 0) is 13.0 Å². The number of hydrogen-bond acceptors (Lipinski definition) is 5. The summed E-state index contributed by atoms with van der Waals surface area (Å²) in [5.74, 6) is 1.68. The highest BCUT2D eigenvalue weighted by Gasteiger charge is 2.25. The predicted octanol–water partition coefficient (Wildman–Crippen LogP) is 4.57. The SMILES string of the molecule is NCCCc1cc2c(c3cc(-c4cn[nH]c4)ccc13)CN=CC2c1ccc2c(c1)OCO2. The maximum atomic E-state index is 5.86. The first-order valence-electron chi connectivity index (χ1n) is 11.0. The molecule has 160 valence electrons. The average Bonchev–Trinajstić information content (AvgIpc) is 3.53. The quantitative estimate of drug-likeness (QED) is 0.492. The van der Waals surface area contributed by atoms with Gasteiger partial charge >= 0.3 is 0 Å². The van der Waals surface area contributed by atoms with E-state index in [1.165, 1.54) is 27.5 Å². The molecule has 0 saturated carbocycles. The van der Waals surface area contributed by atoms with Crippen LogP contribution in [0.2, 0.25) is 0 Å². The summed E-state index contributed by atoms with van der Waals surface area (Å²) >= 11 is 0. The van der Waals surface area contributed by atoms with Gasteiger partial charge < -0.3 is 15.2 Å². The lowest BCUT2D eigenvalue weighted by atomic mass is 9.82. The molecule has 2 aliphatic heterocycles. The zero-order valence-corrected chi connectivity index (χ0v) is 17.7. The van der Waals surface area contributed by atoms with Crippen LogP contribution >= 0.6 is 0 Å². The third-order valence-electron chi connectivity index (χ3n) is 6.45. The topological polar surface area (TPSA) is 85.5 Å². The van der Waals surface area contributed by atoms with Crippen molar-refractivity contribution in [2.75, 3.05) is 13.3 Å². The number of nitrogens with one attached hydrogen (secondary N) is 1. The maximum absolute atomic E-state index is 5.86. The molecule has 0 aliphatic carbocycles. The first-order valence-corrected chi connectivity index (χ1v) is 11.0. The minimum Gasteiger partial charge on any atom is -0.454 e. The van der Waals surface area contributed by atoms with Crippen molar-refractivity contribution in [1.82, 2.24) is 10.2 Å². The van der Waals surface area contributed by atoms with Gasteiger partial charge in [-0.2, -0.15) is 5.10 Å². The number of benzene rings is 3. The Bertz CT molecular complexity index is 1330. The van der Waals surface area contributed by atoms with Crippen LogP contribution in [0.25, 0.3) is 21.9 Å². The molecule has 0 radical (unpaired) electrons. The van der Waals surface area contributed by atoms with Gasteiger partial charge in [0, 0.05) is 23.9 Å². The van der Waals surface area contributed by atoms with Crippen molar-refractivity contribution >= 4 is 17.0 Å². The standard InChI is InChI=1S/C26H24N4O2/c27-7-1-2-17-9-22-23(18-4-6-25-26(10-18)32-15-31-25)13-28-14-24(22)21-8-16(3-5-20(17)21)19-11-29-30-12-19/h3-6,8-13,23H,1-2,7,14-15,27H2,(H,29,30). The highest BCUT2D eigenvalue weighted by atomic mass is 16.7. The van der Waals surface area contributed by atoms with Crippen molar-refractivity contribution in [3.8, 4) is 22.6 Å². The molecule has 3 N–H and O–H groups in total. The number of nitrogens with two attached hydrogens (primary N) is 1. The van der Waals surface area contributed by atoms with E-state index in [4.69, 9.17) is 20.2 Å². The van der Waals surface area contributed by atoms with E-state index in [1.807, 2.05) is 18.5 Å². The van der Waals surface area contributed by atoms with Crippen molar-refractivity contribution in [3.63, 3.8) is 0 Å². The Labute approximate surface area is 186 Å². The average molecular weight is 425 g/mol. The molecule has 6 heteroatoms. The third kappa shape index (κ3) is 3.15. The van der Waals surface area contributed by atoms with E-state index in [9.17, 15) is 0 Å². The summed E-state index contributed by atoms with van der Waals surface area (Å²) in [5, 5.41) is 9.58. The van der Waals surface area contributed by atoms with Crippen LogP contribution in [0.1, 0.15) is 34.6 Å². The Hall–Kier alpha value is -3.64. The molecule has 4 aromatic rings. The van der Waals surface area contributed by atoms with Gasteiger partial charge in [0.15, 0.2) is 11.5 Å². The minimum absolute atomic E-state index is 0.0758. The number of rotatable bonds is 5. The van der Waals surface area contributed by atoms with Gasteiger partial charge in [-0.25, -0.2) is 0 Å². The fraction of sp³-hybridized carbons (Fsp3) is 0.231. The molecule has 3 aromatic carbocycles. The molecule has 2 aliphatic rings. The van der Waals surface area contributed by atoms with Gasteiger partial charge in [0.2, 0.25) is 6.79 Å². The Morgan fingerprint density at radius 3 is 2.81 bits per heavy atom. The van der Waals surface area contributed by atoms with Gasteiger partial charge in [0.25, 0.3) is 0 Å². The number of aryl methyl sites for hydroxylation is 1. The minimum atomic E-state index is 0.0758. The first kappa shape index (κ1) is 19.1. The molecule has 0 fully saturated rings. The lowest BCUT2D eigenvalue weighted by molar-refractivity contribution is 0.174. The van der Waals surface area contributed by atoms with Crippen molar-refractivity contribution < 1.29 is 9.47 Å². The van der Waals surface area contributed by atoms with Gasteiger partial charge in [0.05, 0.1) is 12.7 Å². The highest BCUT2D eigenvalue weighted by molar-refractivity contribution is 5.95. The van der Waals surface area contributed by atoms with E-state index in [0.717, 1.165) is 41.0 Å². The molecule has 0 amide bonds. The van der Waals surface area contributed by atoms with E-state index in [0.29, 0.717) is 13.1 Å². The molecule has 0 bridgehead atoms. The summed E-state index contributed by atoms with van der Waals surface area (Å²) < 4.78 is 11.1. The molecule has 6 rings (SSSR count). The monoisotopic (exact) mass is 424 g/mol. The smallest absolute Gasteiger partial charge is 0.231 e. The lowest BCUT2D eigenvalue weighted by Crippen LogP contribution is -2.13. The maximum Gasteiger partial charge on any atom is 0.231 e. The number of H-pyrrole nitrogens is 1. The molecule has 1 aromatic heterocycles. The summed E-state index contributed by atoms with van der Waals surface area (Å²) in [6.45, 7) is 1.64. The molecule has 6 nitrogen and oxygen atoms in total. The summed E-state index contributed by atoms with van der Waals surface area (Å²) in [6.07, 6.45) is 7.77. The molecule has 3 heterocycles. The van der Waals surface area contributed by atoms with Crippen LogP contribution in [0.3, 0.4) is 0 Å². The van der Waals surface area contributed by atoms with Gasteiger partial charge in [-0.3, -0.25) is 10.1 Å². The predicted molar refractivity (Wildman–Crippen MR) is 126 cm³/mol. The third-order valence-corrected chi connectivity index (χ3v) is 6.45. The fourth-order valence-electron chi connectivity index (χ4n) is 4.83. The van der Waals surface area contributed by atoms with Crippen molar-refractivity contribution in [2.45, 2.75) is 25.3 Å².